The van der Waals surface area contributed by atoms with E-state index >= 15 is 0 Å². The van der Waals surface area contributed by atoms with Crippen LogP contribution >= 0.6 is 0 Å². The molecule has 0 atom stereocenters. The Morgan fingerprint density at radius 3 is 2.67 bits per heavy atom. The highest BCUT2D eigenvalue weighted by Crippen LogP contribution is 2.10. The molecule has 0 amide bonds. The maximum absolute atomic E-state index is 11.3. The number of esters is 1. The third-order valence-corrected chi connectivity index (χ3v) is 1.28. The van der Waals surface area contributed by atoms with Gasteiger partial charge in [0, 0.05) is 12.6 Å². The molecule has 3 nitrogen and oxygen atoms in total. The molecule has 0 fully saturated rings. The quantitative estimate of drug-likeness (QED) is 0.557. The first-order valence-electron chi connectivity index (χ1n) is 3.94. The first kappa shape index (κ1) is 8.97. The van der Waals surface area contributed by atoms with Crippen molar-refractivity contribution in [2.75, 3.05) is 0 Å². The number of carbonyl (C=O) groups is 1. The summed E-state index contributed by atoms with van der Waals surface area (Å²) in [6.45, 7) is 5.52. The summed E-state index contributed by atoms with van der Waals surface area (Å²) in [7, 11) is 0. The van der Waals surface area contributed by atoms with E-state index < -0.39 is 5.60 Å². The molecule has 1 aliphatic rings. The van der Waals surface area contributed by atoms with Crippen LogP contribution in [0, 0.1) is 0 Å². The van der Waals surface area contributed by atoms with Gasteiger partial charge in [0.2, 0.25) is 0 Å². The molecule has 0 saturated carbocycles. The predicted octanol–water partition coefficient (Wildman–Crippen LogP) is 1.69. The van der Waals surface area contributed by atoms with Crippen LogP contribution in [0.2, 0.25) is 0 Å². The lowest BCUT2D eigenvalue weighted by atomic mass is 10.2. The van der Waals surface area contributed by atoms with E-state index in [2.05, 4.69) is 4.99 Å². The minimum Gasteiger partial charge on any atom is -0.455 e. The molecule has 0 aromatic carbocycles. The molecule has 0 bridgehead atoms. The van der Waals surface area contributed by atoms with Crippen LogP contribution in [-0.4, -0.2) is 17.3 Å². The zero-order valence-electron chi connectivity index (χ0n) is 7.63. The van der Waals surface area contributed by atoms with Crippen LogP contribution in [0.5, 0.6) is 0 Å². The minimum absolute atomic E-state index is 0.312. The first-order chi connectivity index (χ1) is 5.49. The molecular weight excluding hydrogens is 154 g/mol. The molecule has 1 rings (SSSR count). The van der Waals surface area contributed by atoms with Gasteiger partial charge in [0.25, 0.3) is 0 Å². The fraction of sp³-hybridized carbons (Fsp3) is 0.556. The average molecular weight is 167 g/mol. The summed E-state index contributed by atoms with van der Waals surface area (Å²) in [5, 5.41) is 0. The normalized spacial score (nSPS) is 16.1. The Morgan fingerprint density at radius 1 is 1.58 bits per heavy atom. The lowest BCUT2D eigenvalue weighted by molar-refractivity contribution is -0.146. The van der Waals surface area contributed by atoms with Crippen molar-refractivity contribution in [3.63, 3.8) is 0 Å². The molecule has 12 heavy (non-hydrogen) atoms. The number of carbonyl (C=O) groups excluding carboxylic acids is 1. The Bertz CT molecular complexity index is 246. The van der Waals surface area contributed by atoms with Gasteiger partial charge in [-0.25, -0.2) is 4.79 Å². The van der Waals surface area contributed by atoms with Crippen molar-refractivity contribution in [1.29, 1.82) is 0 Å². The first-order valence-corrected chi connectivity index (χ1v) is 3.94. The summed E-state index contributed by atoms with van der Waals surface area (Å²) < 4.78 is 5.11. The van der Waals surface area contributed by atoms with E-state index in [0.29, 0.717) is 12.1 Å². The average Bonchev–Trinajstić information content (AvgIpc) is 2.32. The van der Waals surface area contributed by atoms with E-state index in [4.69, 9.17) is 4.74 Å². The van der Waals surface area contributed by atoms with Gasteiger partial charge in [-0.1, -0.05) is 6.08 Å². The second-order valence-electron chi connectivity index (χ2n) is 3.67. The van der Waals surface area contributed by atoms with Gasteiger partial charge in [-0.15, -0.1) is 0 Å². The molecule has 0 spiro atoms. The molecule has 0 N–H and O–H groups in total. The molecule has 0 aliphatic carbocycles. The van der Waals surface area contributed by atoms with Gasteiger partial charge in [0.1, 0.15) is 11.3 Å². The molecule has 0 aromatic rings. The van der Waals surface area contributed by atoms with E-state index in [9.17, 15) is 4.79 Å². The van der Waals surface area contributed by atoms with E-state index in [-0.39, 0.29) is 5.97 Å². The highest BCUT2D eigenvalue weighted by atomic mass is 16.6. The SMILES string of the molecule is CC(C)(C)OC(=O)C1=NC=CC1. The highest BCUT2D eigenvalue weighted by molar-refractivity contribution is 6.37. The summed E-state index contributed by atoms with van der Waals surface area (Å²) in [5.74, 6) is -0.312. The van der Waals surface area contributed by atoms with Crippen molar-refractivity contribution in [3.05, 3.63) is 12.3 Å². The van der Waals surface area contributed by atoms with Gasteiger partial charge in [0.05, 0.1) is 0 Å². The Labute approximate surface area is 72.1 Å². The smallest absolute Gasteiger partial charge is 0.353 e. The van der Waals surface area contributed by atoms with Gasteiger partial charge >= 0.3 is 5.97 Å². The molecule has 0 aromatic heterocycles. The summed E-state index contributed by atoms with van der Waals surface area (Å²) >= 11 is 0. The summed E-state index contributed by atoms with van der Waals surface area (Å²) in [4.78, 5) is 15.1. The number of nitrogens with zero attached hydrogens (tertiary/aromatic N) is 1. The molecular formula is C9H13NO2. The topological polar surface area (TPSA) is 38.7 Å². The molecule has 66 valence electrons. The molecule has 1 aliphatic heterocycles. The number of hydrogen-bond donors (Lipinski definition) is 0. The molecule has 0 radical (unpaired) electrons. The maximum atomic E-state index is 11.3. The molecule has 1 heterocycles. The lowest BCUT2D eigenvalue weighted by Crippen LogP contribution is -2.28. The maximum Gasteiger partial charge on any atom is 0.353 e. The van der Waals surface area contributed by atoms with Gasteiger partial charge in [0.15, 0.2) is 0 Å². The Kier molecular flexibility index (Phi) is 2.31. The van der Waals surface area contributed by atoms with Crippen molar-refractivity contribution in [1.82, 2.24) is 0 Å². The zero-order chi connectivity index (χ0) is 9.19. The van der Waals surface area contributed by atoms with Gasteiger partial charge in [-0.2, -0.15) is 0 Å². The number of allylic oxidation sites excluding steroid dienone is 1. The third-order valence-electron chi connectivity index (χ3n) is 1.28. The van der Waals surface area contributed by atoms with Gasteiger partial charge in [-0.3, -0.25) is 4.99 Å². The number of hydrogen-bond acceptors (Lipinski definition) is 3. The van der Waals surface area contributed by atoms with Crippen molar-refractivity contribution in [3.8, 4) is 0 Å². The standard InChI is InChI=1S/C9H13NO2/c1-9(2,3)12-8(11)7-5-4-6-10-7/h4,6H,5H2,1-3H3. The van der Waals surface area contributed by atoms with Crippen LogP contribution in [0.3, 0.4) is 0 Å². The fourth-order valence-corrected chi connectivity index (χ4v) is 0.833. The highest BCUT2D eigenvalue weighted by Gasteiger charge is 2.20. The van der Waals surface area contributed by atoms with E-state index in [1.165, 1.54) is 0 Å². The van der Waals surface area contributed by atoms with Crippen LogP contribution in [-0.2, 0) is 9.53 Å². The third kappa shape index (κ3) is 2.49. The second kappa shape index (κ2) is 3.09. The Morgan fingerprint density at radius 2 is 2.25 bits per heavy atom. The van der Waals surface area contributed by atoms with Crippen molar-refractivity contribution in [2.24, 2.45) is 4.99 Å². The van der Waals surface area contributed by atoms with Crippen LogP contribution < -0.4 is 0 Å². The summed E-state index contributed by atoms with van der Waals surface area (Å²) in [6.07, 6.45) is 4.05. The largest absolute Gasteiger partial charge is 0.455 e. The number of rotatable bonds is 1. The van der Waals surface area contributed by atoms with Crippen molar-refractivity contribution in [2.45, 2.75) is 32.8 Å². The number of aliphatic imine (C=N–C) groups is 1. The van der Waals surface area contributed by atoms with E-state index in [0.717, 1.165) is 0 Å². The predicted molar refractivity (Wildman–Crippen MR) is 47.0 cm³/mol. The summed E-state index contributed by atoms with van der Waals surface area (Å²) in [5.41, 5.74) is 0.0623. The Hall–Kier alpha value is -1.12. The number of ether oxygens (including phenoxy) is 1. The van der Waals surface area contributed by atoms with Crippen molar-refractivity contribution < 1.29 is 9.53 Å². The van der Waals surface area contributed by atoms with E-state index in [1.807, 2.05) is 26.8 Å². The van der Waals surface area contributed by atoms with Crippen LogP contribution in [0.1, 0.15) is 27.2 Å². The second-order valence-corrected chi connectivity index (χ2v) is 3.67. The Balaban J connectivity index is 2.50. The van der Waals surface area contributed by atoms with Gasteiger partial charge < -0.3 is 4.74 Å². The minimum atomic E-state index is -0.428. The zero-order valence-corrected chi connectivity index (χ0v) is 7.63. The monoisotopic (exact) mass is 167 g/mol. The fourth-order valence-electron chi connectivity index (χ4n) is 0.833. The summed E-state index contributed by atoms with van der Waals surface area (Å²) in [6, 6.07) is 0. The molecule has 0 unspecified atom stereocenters. The van der Waals surface area contributed by atoms with Crippen molar-refractivity contribution >= 4 is 11.7 Å². The lowest BCUT2D eigenvalue weighted by Gasteiger charge is -2.19. The molecule has 0 saturated heterocycles. The van der Waals surface area contributed by atoms with Crippen LogP contribution in [0.25, 0.3) is 0 Å². The van der Waals surface area contributed by atoms with E-state index in [1.54, 1.807) is 6.20 Å². The van der Waals surface area contributed by atoms with Crippen LogP contribution in [0.4, 0.5) is 0 Å². The molecule has 3 heteroatoms. The van der Waals surface area contributed by atoms with Crippen LogP contribution in [0.15, 0.2) is 17.3 Å². The van der Waals surface area contributed by atoms with Gasteiger partial charge in [-0.05, 0) is 20.8 Å².